The van der Waals surface area contributed by atoms with E-state index in [2.05, 4.69) is 12.1 Å². The van der Waals surface area contributed by atoms with Gasteiger partial charge in [0, 0.05) is 67.8 Å². The minimum absolute atomic E-state index is 0.0172. The zero-order valence-corrected chi connectivity index (χ0v) is 31.1. The fourth-order valence-corrected chi connectivity index (χ4v) is 9.85. The van der Waals surface area contributed by atoms with E-state index in [9.17, 15) is 1.37 Å². The van der Waals surface area contributed by atoms with Gasteiger partial charge in [-0.15, -0.1) is 22.7 Å². The van der Waals surface area contributed by atoms with Gasteiger partial charge in [-0.1, -0.05) is 121 Å². The summed E-state index contributed by atoms with van der Waals surface area (Å²) in [4.78, 5) is 15.4. The van der Waals surface area contributed by atoms with Gasteiger partial charge in [-0.05, 0) is 71.7 Å². The van der Waals surface area contributed by atoms with Crippen molar-refractivity contribution >= 4 is 84.8 Å². The highest BCUT2D eigenvalue weighted by molar-refractivity contribution is 7.26. The van der Waals surface area contributed by atoms with Crippen molar-refractivity contribution in [3.8, 4) is 51.0 Å². The second-order valence-electron chi connectivity index (χ2n) is 13.4. The Balaban J connectivity index is 1.13. The number of fused-ring (bicyclic) bond motifs is 9. The summed E-state index contributed by atoms with van der Waals surface area (Å²) in [7, 11) is 0. The summed E-state index contributed by atoms with van der Waals surface area (Å²) in [6.45, 7) is 0. The van der Waals surface area contributed by atoms with Gasteiger partial charge in [0.2, 0.25) is 0 Å². The van der Waals surface area contributed by atoms with Crippen LogP contribution >= 0.6 is 22.7 Å². The lowest BCUT2D eigenvalue weighted by molar-refractivity contribution is 1.06. The number of para-hydroxylation sites is 3. The predicted molar refractivity (Wildman–Crippen MR) is 242 cm³/mol. The molecule has 4 nitrogen and oxygen atoms in total. The fraction of sp³-hybridized carbons (Fsp3) is 0. The minimum atomic E-state index is -0.502. The molecule has 0 aliphatic heterocycles. The molecule has 0 aliphatic carbocycles. The van der Waals surface area contributed by atoms with Gasteiger partial charge in [0.05, 0.1) is 33.2 Å². The van der Waals surface area contributed by atoms with Crippen LogP contribution in [0.1, 0.15) is 16.4 Å². The number of aromatic nitrogens is 4. The molecule has 57 heavy (non-hydrogen) atoms. The van der Waals surface area contributed by atoms with Crippen molar-refractivity contribution in [2.75, 3.05) is 0 Å². The monoisotopic (exact) mass is 774 g/mol. The third kappa shape index (κ3) is 5.15. The van der Waals surface area contributed by atoms with Crippen molar-refractivity contribution in [1.29, 1.82) is 0 Å². The van der Waals surface area contributed by atoms with E-state index in [0.29, 0.717) is 59.5 Å². The van der Waals surface area contributed by atoms with Crippen molar-refractivity contribution in [2.24, 2.45) is 0 Å². The summed E-state index contributed by atoms with van der Waals surface area (Å²) in [6, 6.07) is 30.0. The van der Waals surface area contributed by atoms with Gasteiger partial charge in [-0.2, -0.15) is 0 Å². The molecule has 12 aromatic rings. The highest BCUT2D eigenvalue weighted by atomic mass is 32.1. The third-order valence-corrected chi connectivity index (χ3v) is 12.5. The first kappa shape index (κ1) is 22.5. The van der Waals surface area contributed by atoms with E-state index in [4.69, 9.17) is 30.0 Å². The van der Waals surface area contributed by atoms with Crippen LogP contribution < -0.4 is 0 Å². The third-order valence-electron chi connectivity index (χ3n) is 10.2. The van der Waals surface area contributed by atoms with E-state index in [1.165, 1.54) is 23.5 Å². The number of rotatable bonds is 5. The van der Waals surface area contributed by atoms with E-state index in [1.54, 1.807) is 46.2 Å². The van der Waals surface area contributed by atoms with Crippen molar-refractivity contribution in [1.82, 2.24) is 19.5 Å². The number of nitrogens with zero attached hydrogens (tertiary/aromatic N) is 4. The van der Waals surface area contributed by atoms with Gasteiger partial charge in [0.25, 0.3) is 0 Å². The molecular weight excluding hydrogens is 733 g/mol. The maximum Gasteiger partial charge on any atom is 0.166 e. The molecule has 12 rings (SSSR count). The van der Waals surface area contributed by atoms with Crippen LogP contribution in [0.5, 0.6) is 0 Å². The molecule has 0 bridgehead atoms. The molecule has 0 saturated heterocycles. The molecule has 0 spiro atoms. The molecule has 0 aliphatic rings. The molecular formula is C51H30N4S2. The van der Waals surface area contributed by atoms with Crippen LogP contribution in [0.15, 0.2) is 182 Å². The first-order valence-electron chi connectivity index (χ1n) is 24.0. The van der Waals surface area contributed by atoms with Crippen molar-refractivity contribution in [3.05, 3.63) is 182 Å². The van der Waals surface area contributed by atoms with Crippen molar-refractivity contribution in [3.63, 3.8) is 0 Å². The van der Waals surface area contributed by atoms with Gasteiger partial charge in [0.15, 0.2) is 17.5 Å². The lowest BCUT2D eigenvalue weighted by atomic mass is 10.0. The molecule has 0 unspecified atom stereocenters. The average Bonchev–Trinajstić information content (AvgIpc) is 4.06. The van der Waals surface area contributed by atoms with Gasteiger partial charge in [0.1, 0.15) is 0 Å². The molecule has 0 N–H and O–H groups in total. The summed E-state index contributed by atoms with van der Waals surface area (Å²) in [6.07, 6.45) is 0. The zero-order valence-electron chi connectivity index (χ0n) is 41.5. The van der Waals surface area contributed by atoms with Crippen LogP contribution in [0.2, 0.25) is 0 Å². The van der Waals surface area contributed by atoms with E-state index in [-0.39, 0.29) is 87.8 Å². The highest BCUT2D eigenvalue weighted by Crippen LogP contribution is 2.42. The molecule has 266 valence electrons. The Hall–Kier alpha value is -6.99. The molecule has 8 aromatic carbocycles. The van der Waals surface area contributed by atoms with E-state index in [0.717, 1.165) is 20.2 Å². The molecule has 0 amide bonds. The summed E-state index contributed by atoms with van der Waals surface area (Å²) in [5.74, 6) is 0.769. The normalized spacial score (nSPS) is 14.8. The fourth-order valence-electron chi connectivity index (χ4n) is 7.64. The summed E-state index contributed by atoms with van der Waals surface area (Å²) >= 11 is 2.92. The Labute approximate surface area is 352 Å². The number of hydrogen-bond acceptors (Lipinski definition) is 5. The Morgan fingerprint density at radius 3 is 2.04 bits per heavy atom. The smallest absolute Gasteiger partial charge is 0.166 e. The van der Waals surface area contributed by atoms with E-state index in [1.807, 2.05) is 54.6 Å². The largest absolute Gasteiger partial charge is 0.309 e. The van der Waals surface area contributed by atoms with Crippen molar-refractivity contribution in [2.45, 2.75) is 0 Å². The minimum Gasteiger partial charge on any atom is -0.309 e. The van der Waals surface area contributed by atoms with Gasteiger partial charge >= 0.3 is 0 Å². The van der Waals surface area contributed by atoms with E-state index < -0.39 is 18.1 Å². The number of hydrogen-bond donors (Lipinski definition) is 0. The Kier molecular flexibility index (Phi) is 5.05. The topological polar surface area (TPSA) is 43.6 Å². The maximum atomic E-state index is 9.18. The molecule has 6 heteroatoms. The zero-order chi connectivity index (χ0) is 47.9. The molecule has 0 fully saturated rings. The first-order chi connectivity index (χ1) is 33.2. The van der Waals surface area contributed by atoms with Crippen LogP contribution in [0.3, 0.4) is 0 Å². The van der Waals surface area contributed by atoms with Gasteiger partial charge < -0.3 is 4.57 Å². The predicted octanol–water partition coefficient (Wildman–Crippen LogP) is 14.4. The molecule has 0 atom stereocenters. The number of thiophene rings is 2. The second kappa shape index (κ2) is 12.8. The van der Waals surface area contributed by atoms with Crippen LogP contribution in [-0.2, 0) is 0 Å². The molecule has 0 saturated carbocycles. The van der Waals surface area contributed by atoms with Crippen LogP contribution in [0.4, 0.5) is 0 Å². The lowest BCUT2D eigenvalue weighted by Gasteiger charge is -2.15. The quantitative estimate of drug-likeness (QED) is 0.175. The SMILES string of the molecule is [2H]c1cc([2H])c2sc3c(-c4cccc(-c5nc(-c6ccc7sc8ccccc8c7c6)nc(-c6ccccc6-n6c7c([2H])cc([2H])c([2H])c7c7c([2H])c([2H])c([2H])c([2H])c76)n5)c4)cc([2H])c([2H])c3c2c1[2H]. The van der Waals surface area contributed by atoms with Crippen LogP contribution in [-0.4, -0.2) is 19.5 Å². The number of benzene rings is 8. The van der Waals surface area contributed by atoms with Crippen molar-refractivity contribution < 1.29 is 16.4 Å². The molecule has 4 heterocycles. The molecule has 4 aromatic heterocycles. The summed E-state index contributed by atoms with van der Waals surface area (Å²) in [5, 5.41) is 2.81. The Morgan fingerprint density at radius 2 is 1.11 bits per heavy atom. The maximum absolute atomic E-state index is 9.18. The molecule has 0 radical (unpaired) electrons. The first-order valence-corrected chi connectivity index (χ1v) is 19.7. The standard InChI is InChI=1S/C51H30N4S2/c1-6-22-42-35(15-1)36-16-2-7-23-43(36)55(42)44-24-8-3-19-40(44)51-53-49(52-50(54-51)33-27-28-47-41(30-33)38-18-5-9-25-45(38)56-47)32-14-11-13-31(29-32)34-20-12-21-39-37-17-4-10-26-46(37)57-48(34)39/h1-30H/i1D,2D,4D,6D,12D,15D,16D,17D,21D,22D,23D,26D. The summed E-state index contributed by atoms with van der Waals surface area (Å²) < 4.78 is 110. The Morgan fingerprint density at radius 1 is 0.404 bits per heavy atom. The van der Waals surface area contributed by atoms with Crippen LogP contribution in [0, 0.1) is 0 Å². The van der Waals surface area contributed by atoms with Gasteiger partial charge in [-0.3, -0.25) is 0 Å². The van der Waals surface area contributed by atoms with Gasteiger partial charge in [-0.25, -0.2) is 15.0 Å². The second-order valence-corrected chi connectivity index (χ2v) is 15.6. The van der Waals surface area contributed by atoms with Crippen LogP contribution in [0.25, 0.3) is 113 Å². The Bertz CT molecular complexity index is 4260. The average molecular weight is 775 g/mol. The summed E-state index contributed by atoms with van der Waals surface area (Å²) in [5.41, 5.74) is 3.42. The highest BCUT2D eigenvalue weighted by Gasteiger charge is 2.20. The van der Waals surface area contributed by atoms with E-state index >= 15 is 0 Å². The lowest BCUT2D eigenvalue weighted by Crippen LogP contribution is -2.03.